The molecule has 0 atom stereocenters. The van der Waals surface area contributed by atoms with E-state index in [-0.39, 0.29) is 17.4 Å². The van der Waals surface area contributed by atoms with E-state index in [1.54, 1.807) is 12.1 Å². The van der Waals surface area contributed by atoms with E-state index >= 15 is 0 Å². The molecule has 1 N–H and O–H groups in total. The molecule has 4 rings (SSSR count). The van der Waals surface area contributed by atoms with Gasteiger partial charge in [0.15, 0.2) is 11.3 Å². The summed E-state index contributed by atoms with van der Waals surface area (Å²) in [6.45, 7) is 3.99. The first-order valence-corrected chi connectivity index (χ1v) is 8.98. The molecule has 0 unspecified atom stereocenters. The summed E-state index contributed by atoms with van der Waals surface area (Å²) in [5, 5.41) is 4.35. The maximum absolute atomic E-state index is 13.1. The van der Waals surface area contributed by atoms with Crippen LogP contribution in [0.2, 0.25) is 0 Å². The molecule has 1 heterocycles. The van der Waals surface area contributed by atoms with Crippen molar-refractivity contribution >= 4 is 28.3 Å². The molecule has 5 nitrogen and oxygen atoms in total. The molecule has 1 aromatic heterocycles. The van der Waals surface area contributed by atoms with E-state index in [1.807, 2.05) is 74.5 Å². The number of aryl methyl sites for hydroxylation is 2. The van der Waals surface area contributed by atoms with Crippen molar-refractivity contribution in [3.8, 4) is 0 Å². The Morgan fingerprint density at radius 1 is 0.893 bits per heavy atom. The Morgan fingerprint density at radius 3 is 2.21 bits per heavy atom. The maximum atomic E-state index is 13.1. The highest BCUT2D eigenvalue weighted by Crippen LogP contribution is 2.18. The van der Waals surface area contributed by atoms with Crippen molar-refractivity contribution in [2.24, 2.45) is 5.10 Å². The first-order valence-electron chi connectivity index (χ1n) is 8.98. The summed E-state index contributed by atoms with van der Waals surface area (Å²) in [7, 11) is 0. The van der Waals surface area contributed by atoms with Crippen molar-refractivity contribution < 1.29 is 9.21 Å². The number of oxazole rings is 1. The molecule has 3 aromatic carbocycles. The van der Waals surface area contributed by atoms with E-state index in [0.29, 0.717) is 16.7 Å². The molecular weight excluding hydrogens is 350 g/mol. The number of benzene rings is 3. The number of carbonyl (C=O) groups excluding carboxylic acids is 1. The molecule has 0 aliphatic heterocycles. The largest absolute Gasteiger partial charge is 0.435 e. The van der Waals surface area contributed by atoms with Crippen molar-refractivity contribution in [2.45, 2.75) is 13.8 Å². The van der Waals surface area contributed by atoms with Crippen LogP contribution in [0, 0.1) is 13.8 Å². The number of carbonyl (C=O) groups is 1. The number of hydrazone groups is 1. The minimum Gasteiger partial charge on any atom is -0.435 e. The van der Waals surface area contributed by atoms with E-state index in [0.717, 1.165) is 16.8 Å². The van der Waals surface area contributed by atoms with Gasteiger partial charge in [0.05, 0.1) is 5.69 Å². The molecule has 0 aliphatic rings. The van der Waals surface area contributed by atoms with Gasteiger partial charge in [0.2, 0.25) is 5.78 Å². The number of anilines is 1. The molecule has 0 amide bonds. The van der Waals surface area contributed by atoms with Gasteiger partial charge < -0.3 is 4.42 Å². The fourth-order valence-corrected chi connectivity index (χ4v) is 2.76. The van der Waals surface area contributed by atoms with Gasteiger partial charge in [-0.2, -0.15) is 5.10 Å². The predicted molar refractivity (Wildman–Crippen MR) is 111 cm³/mol. The van der Waals surface area contributed by atoms with Gasteiger partial charge in [-0.15, -0.1) is 0 Å². The average Bonchev–Trinajstić information content (AvgIpc) is 3.14. The van der Waals surface area contributed by atoms with Gasteiger partial charge in [0.25, 0.3) is 5.89 Å². The normalized spacial score (nSPS) is 11.6. The van der Waals surface area contributed by atoms with Crippen LogP contribution in [0.1, 0.15) is 27.4 Å². The number of rotatable bonds is 5. The van der Waals surface area contributed by atoms with Crippen molar-refractivity contribution in [1.82, 2.24) is 4.98 Å². The van der Waals surface area contributed by atoms with Crippen molar-refractivity contribution in [1.29, 1.82) is 0 Å². The monoisotopic (exact) mass is 369 g/mol. The van der Waals surface area contributed by atoms with Crippen LogP contribution in [0.3, 0.4) is 0 Å². The lowest BCUT2D eigenvalue weighted by Gasteiger charge is -2.05. The van der Waals surface area contributed by atoms with Gasteiger partial charge in [-0.25, -0.2) is 4.98 Å². The lowest BCUT2D eigenvalue weighted by atomic mass is 10.1. The van der Waals surface area contributed by atoms with Gasteiger partial charge in [-0.3, -0.25) is 10.2 Å². The molecule has 0 radical (unpaired) electrons. The number of hydrogen-bond donors (Lipinski definition) is 1. The van der Waals surface area contributed by atoms with Crippen LogP contribution in [-0.2, 0) is 0 Å². The Kier molecular flexibility index (Phi) is 4.72. The van der Waals surface area contributed by atoms with Crippen LogP contribution in [0.5, 0.6) is 0 Å². The van der Waals surface area contributed by atoms with E-state index in [4.69, 9.17) is 4.42 Å². The van der Waals surface area contributed by atoms with E-state index in [9.17, 15) is 4.79 Å². The number of fused-ring (bicyclic) bond motifs is 1. The van der Waals surface area contributed by atoms with Crippen LogP contribution in [0.25, 0.3) is 11.1 Å². The van der Waals surface area contributed by atoms with Gasteiger partial charge in [0.1, 0.15) is 5.52 Å². The number of nitrogens with one attached hydrogen (secondary N) is 1. The number of aromatic nitrogens is 1. The predicted octanol–water partition coefficient (Wildman–Crippen LogP) is 5.14. The van der Waals surface area contributed by atoms with Gasteiger partial charge in [-0.05, 0) is 38.1 Å². The van der Waals surface area contributed by atoms with Crippen LogP contribution in [0.4, 0.5) is 5.69 Å². The third-order valence-electron chi connectivity index (χ3n) is 4.37. The topological polar surface area (TPSA) is 67.5 Å². The molecular formula is C23H19N3O2. The molecule has 0 spiro atoms. The third kappa shape index (κ3) is 3.69. The molecule has 4 aromatic rings. The molecule has 0 aliphatic carbocycles. The SMILES string of the molecule is Cc1ccc(NN=C(C(=O)c2ccc(C)cc2)c2nc3ccccc3o2)cc1. The van der Waals surface area contributed by atoms with Crippen molar-refractivity contribution in [3.05, 3.63) is 95.4 Å². The molecule has 0 bridgehead atoms. The summed E-state index contributed by atoms with van der Waals surface area (Å²) in [5.41, 5.74) is 7.88. The highest BCUT2D eigenvalue weighted by atomic mass is 16.3. The zero-order chi connectivity index (χ0) is 19.5. The number of Topliss-reactive ketones (excluding diaryl/α,β-unsaturated/α-hetero) is 1. The van der Waals surface area contributed by atoms with Crippen molar-refractivity contribution in [3.63, 3.8) is 0 Å². The van der Waals surface area contributed by atoms with Crippen LogP contribution in [-0.4, -0.2) is 16.5 Å². The lowest BCUT2D eigenvalue weighted by molar-refractivity contribution is 0.106. The fourth-order valence-electron chi connectivity index (χ4n) is 2.76. The Balaban J connectivity index is 1.75. The van der Waals surface area contributed by atoms with Gasteiger partial charge in [0, 0.05) is 5.56 Å². The molecule has 0 fully saturated rings. The third-order valence-corrected chi connectivity index (χ3v) is 4.37. The minimum absolute atomic E-state index is 0.126. The highest BCUT2D eigenvalue weighted by Gasteiger charge is 2.22. The molecule has 138 valence electrons. The van der Waals surface area contributed by atoms with E-state index in [1.165, 1.54) is 0 Å². The number of para-hydroxylation sites is 2. The molecule has 0 saturated heterocycles. The summed E-state index contributed by atoms with van der Waals surface area (Å²) in [6.07, 6.45) is 0. The number of ketones is 1. The van der Waals surface area contributed by atoms with Crippen LogP contribution < -0.4 is 5.43 Å². The van der Waals surface area contributed by atoms with E-state index in [2.05, 4.69) is 15.5 Å². The Morgan fingerprint density at radius 2 is 1.54 bits per heavy atom. The summed E-state index contributed by atoms with van der Waals surface area (Å²) in [6, 6.07) is 22.5. The van der Waals surface area contributed by atoms with E-state index < -0.39 is 0 Å². The zero-order valence-electron chi connectivity index (χ0n) is 15.6. The summed E-state index contributed by atoms with van der Waals surface area (Å²) in [5.74, 6) is -0.0717. The maximum Gasteiger partial charge on any atom is 0.252 e. The standard InChI is InChI=1S/C23H19N3O2/c1-15-7-11-17(12-8-15)22(27)21(26-25-18-13-9-16(2)10-14-18)23-24-19-5-3-4-6-20(19)28-23/h3-14,25H,1-2H3. The first-order chi connectivity index (χ1) is 13.6. The van der Waals surface area contributed by atoms with Crippen molar-refractivity contribution in [2.75, 3.05) is 5.43 Å². The highest BCUT2D eigenvalue weighted by molar-refractivity contribution is 6.50. The lowest BCUT2D eigenvalue weighted by Crippen LogP contribution is -2.18. The van der Waals surface area contributed by atoms with Gasteiger partial charge in [-0.1, -0.05) is 59.7 Å². The second-order valence-electron chi connectivity index (χ2n) is 6.62. The van der Waals surface area contributed by atoms with Crippen LogP contribution in [0.15, 0.2) is 82.3 Å². The number of hydrogen-bond acceptors (Lipinski definition) is 5. The Labute approximate surface area is 162 Å². The first kappa shape index (κ1) is 17.7. The second kappa shape index (κ2) is 7.48. The fraction of sp³-hybridized carbons (Fsp3) is 0.0870. The summed E-state index contributed by atoms with van der Waals surface area (Å²) in [4.78, 5) is 17.6. The minimum atomic E-state index is -0.258. The Hall–Kier alpha value is -3.73. The second-order valence-corrected chi connectivity index (χ2v) is 6.62. The molecule has 0 saturated carbocycles. The smallest absolute Gasteiger partial charge is 0.252 e. The van der Waals surface area contributed by atoms with Gasteiger partial charge >= 0.3 is 0 Å². The average molecular weight is 369 g/mol. The molecule has 5 heteroatoms. The summed E-state index contributed by atoms with van der Waals surface area (Å²) < 4.78 is 5.80. The quantitative estimate of drug-likeness (QED) is 0.300. The zero-order valence-corrected chi connectivity index (χ0v) is 15.6. The summed E-state index contributed by atoms with van der Waals surface area (Å²) >= 11 is 0. The number of nitrogens with zero attached hydrogens (tertiary/aromatic N) is 2. The Bertz CT molecular complexity index is 1120. The molecule has 28 heavy (non-hydrogen) atoms. The van der Waals surface area contributed by atoms with Crippen LogP contribution >= 0.6 is 0 Å².